The minimum absolute atomic E-state index is 0.637. The van der Waals surface area contributed by atoms with E-state index >= 15 is 0 Å². The van der Waals surface area contributed by atoms with Gasteiger partial charge >= 0.3 is 0 Å². The van der Waals surface area contributed by atoms with Gasteiger partial charge in [-0.15, -0.1) is 0 Å². The van der Waals surface area contributed by atoms with E-state index in [1.807, 2.05) is 6.92 Å². The first kappa shape index (κ1) is 8.91. The molecule has 0 fully saturated rings. The van der Waals surface area contributed by atoms with Gasteiger partial charge in [-0.3, -0.25) is 10.0 Å². The molecule has 0 radical (unpaired) electrons. The van der Waals surface area contributed by atoms with Crippen molar-refractivity contribution in [2.24, 2.45) is 10.8 Å². The fraction of sp³-hybridized carbons (Fsp3) is 0.286. The van der Waals surface area contributed by atoms with Crippen LogP contribution in [0.15, 0.2) is 30.4 Å². The van der Waals surface area contributed by atoms with E-state index in [1.54, 1.807) is 6.08 Å². The van der Waals surface area contributed by atoms with Crippen molar-refractivity contribution in [2.75, 3.05) is 6.54 Å². The van der Waals surface area contributed by atoms with Crippen LogP contribution in [0.2, 0.25) is 0 Å². The first-order valence-electron chi connectivity index (χ1n) is 3.09. The lowest BCUT2D eigenvalue weighted by Crippen LogP contribution is -2.30. The van der Waals surface area contributed by atoms with Gasteiger partial charge in [0.25, 0.3) is 0 Å². The number of hydrazine groups is 1. The molecule has 0 saturated heterocycles. The largest absolute Gasteiger partial charge is 0.271 e. The Morgan fingerprint density at radius 3 is 2.60 bits per heavy atom. The molecule has 0 atom stereocenters. The van der Waals surface area contributed by atoms with Crippen molar-refractivity contribution < 1.29 is 0 Å². The highest BCUT2D eigenvalue weighted by Gasteiger charge is 1.94. The van der Waals surface area contributed by atoms with Gasteiger partial charge in [0.2, 0.25) is 0 Å². The fourth-order valence-electron chi connectivity index (χ4n) is 0.507. The molecule has 0 aromatic carbocycles. The van der Waals surface area contributed by atoms with Gasteiger partial charge in [0.15, 0.2) is 0 Å². The number of nitrogens with zero attached hydrogens (tertiary/aromatic N) is 2. The minimum atomic E-state index is 0.637. The van der Waals surface area contributed by atoms with E-state index in [0.29, 0.717) is 12.4 Å². The predicted octanol–water partition coefficient (Wildman–Crippen LogP) is 0.910. The molecule has 0 spiro atoms. The maximum Gasteiger partial charge on any atom is 0.141 e. The number of nitrogens with two attached hydrogens (primary N) is 1. The topological polar surface area (TPSA) is 41.6 Å². The molecule has 3 nitrogen and oxygen atoms in total. The molecular weight excluding hydrogens is 126 g/mol. The summed E-state index contributed by atoms with van der Waals surface area (Å²) in [5.41, 5.74) is 0. The molecular formula is C7H13N3. The number of hydrogen-bond donors (Lipinski definition) is 1. The highest BCUT2D eigenvalue weighted by atomic mass is 15.4. The lowest BCUT2D eigenvalue weighted by atomic mass is 10.5. The molecule has 0 unspecified atom stereocenters. The highest BCUT2D eigenvalue weighted by molar-refractivity contribution is 5.92. The van der Waals surface area contributed by atoms with E-state index in [0.717, 1.165) is 0 Å². The van der Waals surface area contributed by atoms with Crippen LogP contribution in [0, 0.1) is 0 Å². The fourth-order valence-corrected chi connectivity index (χ4v) is 0.507. The monoisotopic (exact) mass is 139 g/mol. The van der Waals surface area contributed by atoms with E-state index in [2.05, 4.69) is 18.2 Å². The summed E-state index contributed by atoms with van der Waals surface area (Å²) in [6.07, 6.45) is 3.07. The molecule has 10 heavy (non-hydrogen) atoms. The maximum atomic E-state index is 5.43. The molecule has 0 amide bonds. The van der Waals surface area contributed by atoms with E-state index in [-0.39, 0.29) is 0 Å². The Balaban J connectivity index is 4.18. The third kappa shape index (κ3) is 2.46. The number of amidine groups is 1. The molecule has 0 aromatic rings. The second-order valence-corrected chi connectivity index (χ2v) is 1.63. The van der Waals surface area contributed by atoms with Gasteiger partial charge in [-0.25, -0.2) is 5.84 Å². The van der Waals surface area contributed by atoms with Gasteiger partial charge in [-0.05, 0) is 13.0 Å². The van der Waals surface area contributed by atoms with Crippen LogP contribution in [0.4, 0.5) is 0 Å². The quantitative estimate of drug-likeness (QED) is 0.273. The van der Waals surface area contributed by atoms with Crippen LogP contribution < -0.4 is 5.84 Å². The van der Waals surface area contributed by atoms with Crippen molar-refractivity contribution in [2.45, 2.75) is 6.92 Å². The van der Waals surface area contributed by atoms with Crippen molar-refractivity contribution in [3.63, 3.8) is 0 Å². The SMILES string of the molecule is C=CC(=NCC)N(N)C=C. The Labute approximate surface area is 61.5 Å². The molecule has 0 rings (SSSR count). The summed E-state index contributed by atoms with van der Waals surface area (Å²) >= 11 is 0. The average molecular weight is 139 g/mol. The Kier molecular flexibility index (Phi) is 4.24. The third-order valence-corrected chi connectivity index (χ3v) is 0.964. The molecule has 56 valence electrons. The zero-order valence-electron chi connectivity index (χ0n) is 6.25. The van der Waals surface area contributed by atoms with Gasteiger partial charge in [0.1, 0.15) is 5.84 Å². The molecule has 0 heterocycles. The van der Waals surface area contributed by atoms with E-state index in [1.165, 1.54) is 11.2 Å². The summed E-state index contributed by atoms with van der Waals surface area (Å²) in [5, 5.41) is 1.33. The smallest absolute Gasteiger partial charge is 0.141 e. The van der Waals surface area contributed by atoms with Gasteiger partial charge in [-0.2, -0.15) is 0 Å². The van der Waals surface area contributed by atoms with E-state index in [9.17, 15) is 0 Å². The summed E-state index contributed by atoms with van der Waals surface area (Å²) in [5.74, 6) is 6.06. The standard InChI is InChI=1S/C7H13N3/c1-4-7(9-5-2)10(8)6-3/h4,6H,1,3,5,8H2,2H3. The normalized spacial score (nSPS) is 10.8. The second kappa shape index (κ2) is 4.76. The summed E-state index contributed by atoms with van der Waals surface area (Å²) in [6.45, 7) is 9.66. The summed E-state index contributed by atoms with van der Waals surface area (Å²) in [4.78, 5) is 4.04. The molecule has 0 aromatic heterocycles. The van der Waals surface area contributed by atoms with Crippen LogP contribution in [-0.4, -0.2) is 17.4 Å². The first-order valence-corrected chi connectivity index (χ1v) is 3.09. The Morgan fingerprint density at radius 2 is 2.30 bits per heavy atom. The van der Waals surface area contributed by atoms with Crippen LogP contribution >= 0.6 is 0 Å². The van der Waals surface area contributed by atoms with Crippen molar-refractivity contribution in [3.05, 3.63) is 25.4 Å². The first-order chi connectivity index (χ1) is 4.76. The molecule has 3 heteroatoms. The predicted molar refractivity (Wildman–Crippen MR) is 44.4 cm³/mol. The summed E-state index contributed by atoms with van der Waals surface area (Å²) < 4.78 is 0. The molecule has 0 saturated carbocycles. The van der Waals surface area contributed by atoms with Gasteiger partial charge in [-0.1, -0.05) is 13.2 Å². The van der Waals surface area contributed by atoms with Crippen LogP contribution in [0.5, 0.6) is 0 Å². The second-order valence-electron chi connectivity index (χ2n) is 1.63. The van der Waals surface area contributed by atoms with E-state index < -0.39 is 0 Å². The van der Waals surface area contributed by atoms with Crippen LogP contribution in [0.3, 0.4) is 0 Å². The number of hydrogen-bond acceptors (Lipinski definition) is 2. The highest BCUT2D eigenvalue weighted by Crippen LogP contribution is 1.85. The molecule has 2 N–H and O–H groups in total. The van der Waals surface area contributed by atoms with Crippen LogP contribution in [-0.2, 0) is 0 Å². The zero-order valence-corrected chi connectivity index (χ0v) is 6.25. The Bertz CT molecular complexity index is 149. The van der Waals surface area contributed by atoms with Crippen molar-refractivity contribution in [3.8, 4) is 0 Å². The number of rotatable bonds is 3. The van der Waals surface area contributed by atoms with Crippen molar-refractivity contribution in [1.82, 2.24) is 5.01 Å². The lowest BCUT2D eigenvalue weighted by Gasteiger charge is -2.11. The Morgan fingerprint density at radius 1 is 1.70 bits per heavy atom. The minimum Gasteiger partial charge on any atom is -0.271 e. The lowest BCUT2D eigenvalue weighted by molar-refractivity contribution is 0.599. The maximum absolute atomic E-state index is 5.43. The van der Waals surface area contributed by atoms with Crippen LogP contribution in [0.1, 0.15) is 6.92 Å². The molecule has 0 aliphatic heterocycles. The van der Waals surface area contributed by atoms with Gasteiger partial charge in [0.05, 0.1) is 0 Å². The average Bonchev–Trinajstić information content (AvgIpc) is 1.99. The van der Waals surface area contributed by atoms with Crippen molar-refractivity contribution >= 4 is 5.84 Å². The zero-order chi connectivity index (χ0) is 7.98. The van der Waals surface area contributed by atoms with Crippen molar-refractivity contribution in [1.29, 1.82) is 0 Å². The molecule has 0 aliphatic carbocycles. The molecule has 0 aliphatic rings. The summed E-state index contributed by atoms with van der Waals surface area (Å²) in [6, 6.07) is 0. The van der Waals surface area contributed by atoms with E-state index in [4.69, 9.17) is 5.84 Å². The van der Waals surface area contributed by atoms with Crippen LogP contribution in [0.25, 0.3) is 0 Å². The number of aliphatic imine (C=N–C) groups is 1. The van der Waals surface area contributed by atoms with Gasteiger partial charge in [0, 0.05) is 12.7 Å². The third-order valence-electron chi connectivity index (χ3n) is 0.964. The van der Waals surface area contributed by atoms with Gasteiger partial charge < -0.3 is 0 Å². The summed E-state index contributed by atoms with van der Waals surface area (Å²) in [7, 11) is 0. The Hall–Kier alpha value is -1.09. The molecule has 0 bridgehead atoms.